The van der Waals surface area contributed by atoms with E-state index in [2.05, 4.69) is 4.98 Å². The van der Waals surface area contributed by atoms with Crippen LogP contribution in [0.2, 0.25) is 0 Å². The van der Waals surface area contributed by atoms with Gasteiger partial charge < -0.3 is 10.2 Å². The van der Waals surface area contributed by atoms with E-state index < -0.39 is 23.0 Å². The van der Waals surface area contributed by atoms with Crippen molar-refractivity contribution in [1.29, 1.82) is 0 Å². The van der Waals surface area contributed by atoms with E-state index in [-0.39, 0.29) is 23.6 Å². The molecular weight excluding hydrogens is 379 g/mol. The van der Waals surface area contributed by atoms with Crippen LogP contribution in [0.1, 0.15) is 35.9 Å². The Morgan fingerprint density at radius 3 is 2.59 bits per heavy atom. The van der Waals surface area contributed by atoms with E-state index in [1.807, 2.05) is 6.92 Å². The predicted molar refractivity (Wildman–Crippen MR) is 106 cm³/mol. The zero-order valence-electron chi connectivity index (χ0n) is 15.9. The molecule has 0 bridgehead atoms. The fraction of sp³-hybridized carbons (Fsp3) is 0.250. The zero-order chi connectivity index (χ0) is 21.0. The molecule has 2 aromatic heterocycles. The molecule has 0 saturated heterocycles. The van der Waals surface area contributed by atoms with Crippen LogP contribution >= 0.6 is 0 Å². The molecule has 0 radical (unpaired) electrons. The number of aromatic amines is 1. The summed E-state index contributed by atoms with van der Waals surface area (Å²) in [5.74, 6) is -0.788. The van der Waals surface area contributed by atoms with E-state index in [4.69, 9.17) is 10.2 Å². The highest BCUT2D eigenvalue weighted by Gasteiger charge is 2.26. The molecule has 0 atom stereocenters. The van der Waals surface area contributed by atoms with Crippen molar-refractivity contribution < 1.29 is 13.6 Å². The van der Waals surface area contributed by atoms with Crippen LogP contribution in [0.4, 0.5) is 15.9 Å². The minimum Gasteiger partial charge on any atom is -0.467 e. The summed E-state index contributed by atoms with van der Waals surface area (Å²) in [6.45, 7) is 2.15. The molecule has 8 nitrogen and oxygen atoms in total. The zero-order valence-corrected chi connectivity index (χ0v) is 15.9. The minimum absolute atomic E-state index is 0.0948. The van der Waals surface area contributed by atoms with E-state index in [9.17, 15) is 18.8 Å². The molecule has 29 heavy (non-hydrogen) atoms. The predicted octanol–water partition coefficient (Wildman–Crippen LogP) is 2.50. The third-order valence-electron chi connectivity index (χ3n) is 4.45. The van der Waals surface area contributed by atoms with Gasteiger partial charge in [-0.3, -0.25) is 24.0 Å². The Labute approximate surface area is 165 Å². The number of nitrogen functional groups attached to an aromatic ring is 1. The number of rotatable bonds is 7. The number of benzene rings is 1. The molecule has 152 valence electrons. The Bertz CT molecular complexity index is 1100. The number of hydrogen-bond donors (Lipinski definition) is 2. The van der Waals surface area contributed by atoms with Gasteiger partial charge in [-0.15, -0.1) is 0 Å². The van der Waals surface area contributed by atoms with Gasteiger partial charge in [0.25, 0.3) is 11.5 Å². The molecule has 9 heteroatoms. The Morgan fingerprint density at radius 2 is 1.97 bits per heavy atom. The number of H-pyrrole nitrogens is 1. The van der Waals surface area contributed by atoms with Gasteiger partial charge in [0.1, 0.15) is 17.4 Å². The van der Waals surface area contributed by atoms with E-state index in [1.54, 1.807) is 12.1 Å². The number of carbonyl (C=O) groups is 1. The molecule has 0 aliphatic carbocycles. The van der Waals surface area contributed by atoms with Crippen molar-refractivity contribution in [3.63, 3.8) is 0 Å². The fourth-order valence-corrected chi connectivity index (χ4v) is 2.94. The molecule has 1 amide bonds. The average Bonchev–Trinajstić information content (AvgIpc) is 3.20. The number of furan rings is 1. The van der Waals surface area contributed by atoms with Crippen molar-refractivity contribution in [1.82, 2.24) is 9.55 Å². The largest absolute Gasteiger partial charge is 0.467 e. The Balaban J connectivity index is 2.13. The lowest BCUT2D eigenvalue weighted by atomic mass is 10.1. The molecule has 0 saturated carbocycles. The fourth-order valence-electron chi connectivity index (χ4n) is 2.94. The van der Waals surface area contributed by atoms with Gasteiger partial charge in [0, 0.05) is 12.1 Å². The van der Waals surface area contributed by atoms with E-state index >= 15 is 0 Å². The number of hydrogen-bond acceptors (Lipinski definition) is 5. The molecule has 2 heterocycles. The number of carbonyl (C=O) groups excluding carboxylic acids is 1. The quantitative estimate of drug-likeness (QED) is 0.632. The molecule has 0 spiro atoms. The number of halogens is 1. The van der Waals surface area contributed by atoms with Crippen LogP contribution < -0.4 is 21.9 Å². The normalized spacial score (nSPS) is 10.8. The van der Waals surface area contributed by atoms with E-state index in [0.29, 0.717) is 18.7 Å². The van der Waals surface area contributed by atoms with Gasteiger partial charge in [-0.2, -0.15) is 0 Å². The molecule has 1 aromatic carbocycles. The van der Waals surface area contributed by atoms with Gasteiger partial charge in [-0.25, -0.2) is 9.18 Å². The molecule has 0 aliphatic heterocycles. The van der Waals surface area contributed by atoms with Crippen molar-refractivity contribution in [2.45, 2.75) is 32.9 Å². The standard InChI is InChI=1S/C20H21FN4O4/c1-2-3-10-24-17(22)16(18(26)23-20(24)28)25(12-15-5-4-11-29-15)19(27)13-6-8-14(21)9-7-13/h4-9,11H,2-3,10,12,22H2,1H3,(H,23,26,28). The summed E-state index contributed by atoms with van der Waals surface area (Å²) in [4.78, 5) is 41.3. The van der Waals surface area contributed by atoms with Crippen molar-refractivity contribution in [3.05, 3.63) is 80.6 Å². The number of aromatic nitrogens is 2. The highest BCUT2D eigenvalue weighted by molar-refractivity contribution is 6.07. The highest BCUT2D eigenvalue weighted by atomic mass is 19.1. The molecule has 3 rings (SSSR count). The molecule has 0 aliphatic rings. The third-order valence-corrected chi connectivity index (χ3v) is 4.45. The molecule has 0 fully saturated rings. The minimum atomic E-state index is -0.790. The first-order valence-corrected chi connectivity index (χ1v) is 9.14. The molecule has 0 unspecified atom stereocenters. The van der Waals surface area contributed by atoms with E-state index in [0.717, 1.165) is 23.5 Å². The maximum Gasteiger partial charge on any atom is 0.330 e. The summed E-state index contributed by atoms with van der Waals surface area (Å²) in [6, 6.07) is 8.20. The molecule has 3 aromatic rings. The summed E-state index contributed by atoms with van der Waals surface area (Å²) in [5.41, 5.74) is 4.72. The monoisotopic (exact) mass is 400 g/mol. The second-order valence-corrected chi connectivity index (χ2v) is 6.48. The maximum atomic E-state index is 13.3. The van der Waals surface area contributed by atoms with Crippen molar-refractivity contribution >= 4 is 17.4 Å². The summed E-state index contributed by atoms with van der Waals surface area (Å²) in [7, 11) is 0. The number of nitrogens with zero attached hydrogens (tertiary/aromatic N) is 2. The molecular formula is C20H21FN4O4. The number of nitrogens with one attached hydrogen (secondary N) is 1. The Morgan fingerprint density at radius 1 is 1.24 bits per heavy atom. The van der Waals surface area contributed by atoms with Gasteiger partial charge in [-0.1, -0.05) is 13.3 Å². The first-order valence-electron chi connectivity index (χ1n) is 9.14. The smallest absolute Gasteiger partial charge is 0.330 e. The Hall–Kier alpha value is -3.62. The van der Waals surface area contributed by atoms with Crippen LogP contribution in [0.3, 0.4) is 0 Å². The second kappa shape index (κ2) is 8.59. The lowest BCUT2D eigenvalue weighted by Crippen LogP contribution is -2.41. The maximum absolute atomic E-state index is 13.3. The number of anilines is 2. The van der Waals surface area contributed by atoms with Gasteiger partial charge in [0.05, 0.1) is 12.8 Å². The van der Waals surface area contributed by atoms with Crippen LogP contribution in [0.5, 0.6) is 0 Å². The third kappa shape index (κ3) is 4.29. The van der Waals surface area contributed by atoms with Gasteiger partial charge >= 0.3 is 5.69 Å². The van der Waals surface area contributed by atoms with Crippen LogP contribution in [-0.4, -0.2) is 15.5 Å². The van der Waals surface area contributed by atoms with Gasteiger partial charge in [0.2, 0.25) is 0 Å². The highest BCUT2D eigenvalue weighted by Crippen LogP contribution is 2.22. The van der Waals surface area contributed by atoms with Crippen molar-refractivity contribution in [2.24, 2.45) is 0 Å². The van der Waals surface area contributed by atoms with Crippen molar-refractivity contribution in [2.75, 3.05) is 10.6 Å². The lowest BCUT2D eigenvalue weighted by Gasteiger charge is -2.24. The SMILES string of the molecule is CCCCn1c(N)c(N(Cc2ccco2)C(=O)c2ccc(F)cc2)c(=O)[nH]c1=O. The van der Waals surface area contributed by atoms with Crippen LogP contribution in [0, 0.1) is 5.82 Å². The summed E-state index contributed by atoms with van der Waals surface area (Å²) in [6.07, 6.45) is 2.91. The van der Waals surface area contributed by atoms with Gasteiger partial charge in [0.15, 0.2) is 5.69 Å². The number of nitrogens with two attached hydrogens (primary N) is 1. The van der Waals surface area contributed by atoms with Crippen LogP contribution in [0.25, 0.3) is 0 Å². The second-order valence-electron chi connectivity index (χ2n) is 6.48. The number of unbranched alkanes of at least 4 members (excludes halogenated alkanes) is 1. The number of amides is 1. The first kappa shape index (κ1) is 20.1. The molecule has 3 N–H and O–H groups in total. The average molecular weight is 400 g/mol. The van der Waals surface area contributed by atoms with Crippen molar-refractivity contribution in [3.8, 4) is 0 Å². The summed E-state index contributed by atoms with van der Waals surface area (Å²) >= 11 is 0. The van der Waals surface area contributed by atoms with Gasteiger partial charge in [-0.05, 0) is 42.8 Å². The van der Waals surface area contributed by atoms with Crippen LogP contribution in [-0.2, 0) is 13.1 Å². The van der Waals surface area contributed by atoms with Crippen LogP contribution in [0.15, 0.2) is 56.7 Å². The Kier molecular flexibility index (Phi) is 5.96. The van der Waals surface area contributed by atoms with E-state index in [1.165, 1.54) is 23.0 Å². The lowest BCUT2D eigenvalue weighted by molar-refractivity contribution is 0.0983. The summed E-state index contributed by atoms with van der Waals surface area (Å²) < 4.78 is 19.8. The first-order chi connectivity index (χ1) is 13.9. The topological polar surface area (TPSA) is 114 Å². The summed E-state index contributed by atoms with van der Waals surface area (Å²) in [5, 5.41) is 0.